The molecule has 14 aromatic rings. The molecule has 0 N–H and O–H groups in total. The molecule has 0 radical (unpaired) electrons. The summed E-state index contributed by atoms with van der Waals surface area (Å²) in [5.74, 6) is 0. The van der Waals surface area contributed by atoms with Gasteiger partial charge in [0.1, 0.15) is 0 Å². The first-order chi connectivity index (χ1) is 36.7. The summed E-state index contributed by atoms with van der Waals surface area (Å²) in [4.78, 5) is 4.67. The minimum atomic E-state index is 1.12. The fraction of sp³-hybridized carbons (Fsp3) is 0. The van der Waals surface area contributed by atoms with E-state index < -0.39 is 0 Å². The highest BCUT2D eigenvalue weighted by Gasteiger charge is 2.20. The fourth-order valence-electron chi connectivity index (χ4n) is 11.3. The second kappa shape index (κ2) is 18.1. The third kappa shape index (κ3) is 7.31. The molecule has 12 aromatic carbocycles. The molecule has 74 heavy (non-hydrogen) atoms. The third-order valence-electron chi connectivity index (χ3n) is 14.7. The van der Waals surface area contributed by atoms with Gasteiger partial charge in [-0.25, -0.2) is 0 Å². The molecule has 0 fully saturated rings. The van der Waals surface area contributed by atoms with E-state index >= 15 is 0 Å². The molecule has 0 bridgehead atoms. The molecule has 0 aliphatic heterocycles. The second-order valence-corrected chi connectivity index (χ2v) is 18.9. The van der Waals surface area contributed by atoms with Crippen LogP contribution in [0.15, 0.2) is 291 Å². The molecule has 0 aliphatic rings. The maximum absolute atomic E-state index is 2.40. The predicted octanol–water partition coefficient (Wildman–Crippen LogP) is 19.3. The summed E-state index contributed by atoms with van der Waals surface area (Å²) < 4.78 is 4.81. The molecule has 14 rings (SSSR count). The Labute approximate surface area is 430 Å². The van der Waals surface area contributed by atoms with Gasteiger partial charge in [-0.1, -0.05) is 170 Å². The highest BCUT2D eigenvalue weighted by atomic mass is 15.1. The molecule has 348 valence electrons. The fourth-order valence-corrected chi connectivity index (χ4v) is 11.3. The number of anilines is 6. The number of hydrogen-bond donors (Lipinski definition) is 0. The largest absolute Gasteiger partial charge is 0.310 e. The van der Waals surface area contributed by atoms with Crippen molar-refractivity contribution in [3.63, 3.8) is 0 Å². The molecule has 2 aromatic heterocycles. The maximum atomic E-state index is 2.40. The number of fused-ring (bicyclic) bond motifs is 7. The number of para-hydroxylation sites is 6. The normalized spacial score (nSPS) is 11.5. The lowest BCUT2D eigenvalue weighted by atomic mass is 9.92. The lowest BCUT2D eigenvalue weighted by Gasteiger charge is -2.25. The topological polar surface area (TPSA) is 16.3 Å². The zero-order valence-electron chi connectivity index (χ0n) is 40.5. The number of nitrogens with zero attached hydrogens (tertiary/aromatic N) is 4. The van der Waals surface area contributed by atoms with Gasteiger partial charge < -0.3 is 18.9 Å². The summed E-state index contributed by atoms with van der Waals surface area (Å²) in [5, 5.41) is 7.34. The first-order valence-electron chi connectivity index (χ1n) is 25.3. The molecule has 0 saturated heterocycles. The van der Waals surface area contributed by atoms with E-state index in [2.05, 4.69) is 310 Å². The zero-order valence-corrected chi connectivity index (χ0v) is 40.5. The van der Waals surface area contributed by atoms with Crippen LogP contribution in [0.2, 0.25) is 0 Å². The predicted molar refractivity (Wildman–Crippen MR) is 313 cm³/mol. The van der Waals surface area contributed by atoms with Crippen LogP contribution in [0.5, 0.6) is 0 Å². The van der Waals surface area contributed by atoms with Gasteiger partial charge in [0, 0.05) is 67.0 Å². The van der Waals surface area contributed by atoms with E-state index in [1.165, 1.54) is 76.6 Å². The Morgan fingerprint density at radius 1 is 0.203 bits per heavy atom. The summed E-state index contributed by atoms with van der Waals surface area (Å²) in [6.07, 6.45) is 0. The Morgan fingerprint density at radius 2 is 0.500 bits per heavy atom. The van der Waals surface area contributed by atoms with Gasteiger partial charge in [-0.05, 0) is 154 Å². The van der Waals surface area contributed by atoms with E-state index in [4.69, 9.17) is 0 Å². The Balaban J connectivity index is 0.799. The van der Waals surface area contributed by atoms with Crippen LogP contribution in [0.4, 0.5) is 34.1 Å². The smallest absolute Gasteiger partial charge is 0.0542 e. The minimum absolute atomic E-state index is 1.12. The van der Waals surface area contributed by atoms with Crippen molar-refractivity contribution in [2.24, 2.45) is 0 Å². The van der Waals surface area contributed by atoms with Gasteiger partial charge in [-0.3, -0.25) is 0 Å². The summed E-state index contributed by atoms with van der Waals surface area (Å²) in [7, 11) is 0. The van der Waals surface area contributed by atoms with E-state index in [0.717, 1.165) is 45.5 Å². The van der Waals surface area contributed by atoms with E-state index in [1.54, 1.807) is 0 Å². The summed E-state index contributed by atoms with van der Waals surface area (Å²) in [6, 6.07) is 105. The van der Waals surface area contributed by atoms with Gasteiger partial charge in [-0.2, -0.15) is 0 Å². The van der Waals surface area contributed by atoms with Crippen molar-refractivity contribution in [1.29, 1.82) is 0 Å². The lowest BCUT2D eigenvalue weighted by Crippen LogP contribution is -2.09. The second-order valence-electron chi connectivity index (χ2n) is 18.9. The summed E-state index contributed by atoms with van der Waals surface area (Å²) in [6.45, 7) is 0. The van der Waals surface area contributed by atoms with Crippen molar-refractivity contribution >= 4 is 88.5 Å². The molecule has 0 aliphatic carbocycles. The van der Waals surface area contributed by atoms with Crippen LogP contribution in [-0.4, -0.2) is 9.13 Å². The molecule has 4 nitrogen and oxygen atoms in total. The first kappa shape index (κ1) is 42.9. The molecule has 0 amide bonds. The van der Waals surface area contributed by atoms with Crippen molar-refractivity contribution in [3.05, 3.63) is 291 Å². The quantitative estimate of drug-likeness (QED) is 0.136. The van der Waals surface area contributed by atoms with Crippen molar-refractivity contribution < 1.29 is 0 Å². The Kier molecular flexibility index (Phi) is 10.5. The monoisotopic (exact) mass is 944 g/mol. The van der Waals surface area contributed by atoms with E-state index in [0.29, 0.717) is 0 Å². The van der Waals surface area contributed by atoms with E-state index in [9.17, 15) is 0 Å². The molecule has 4 heteroatoms. The van der Waals surface area contributed by atoms with Crippen LogP contribution >= 0.6 is 0 Å². The van der Waals surface area contributed by atoms with Crippen LogP contribution in [0.1, 0.15) is 0 Å². The lowest BCUT2D eigenvalue weighted by molar-refractivity contribution is 1.18. The van der Waals surface area contributed by atoms with Gasteiger partial charge in [-0.15, -0.1) is 0 Å². The number of hydrogen-bond acceptors (Lipinski definition) is 2. The van der Waals surface area contributed by atoms with Gasteiger partial charge in [0.25, 0.3) is 0 Å². The summed E-state index contributed by atoms with van der Waals surface area (Å²) in [5.41, 5.74) is 18.5. The van der Waals surface area contributed by atoms with Gasteiger partial charge in [0.2, 0.25) is 0 Å². The van der Waals surface area contributed by atoms with Crippen LogP contribution in [0.3, 0.4) is 0 Å². The van der Waals surface area contributed by atoms with Gasteiger partial charge >= 0.3 is 0 Å². The maximum Gasteiger partial charge on any atom is 0.0542 e. The molecule has 0 saturated carbocycles. The Bertz CT molecular complexity index is 3970. The number of benzene rings is 12. The SMILES string of the molecule is c1ccc(N(c2ccccc2)c2ccc3c(c2)c2ccccc2n3-c2ccc(-c3ccc(-c4ccc(-n5c6ccccc6c6cc(N(c7ccccc7)c7ccccc7)ccc65)cc4)c4ccccc34)cc2)cc1. The summed E-state index contributed by atoms with van der Waals surface area (Å²) >= 11 is 0. The number of aromatic nitrogens is 2. The first-order valence-corrected chi connectivity index (χ1v) is 25.3. The molecular formula is C70H48N4. The average Bonchev–Trinajstić information content (AvgIpc) is 3.99. The average molecular weight is 945 g/mol. The Hall–Kier alpha value is -9.90. The van der Waals surface area contributed by atoms with Gasteiger partial charge in [0.05, 0.1) is 22.1 Å². The molecule has 0 unspecified atom stereocenters. The van der Waals surface area contributed by atoms with Crippen LogP contribution in [0.25, 0.3) is 88.0 Å². The van der Waals surface area contributed by atoms with Crippen LogP contribution < -0.4 is 9.80 Å². The molecule has 0 spiro atoms. The molecule has 0 atom stereocenters. The van der Waals surface area contributed by atoms with E-state index in [-0.39, 0.29) is 0 Å². The molecular weight excluding hydrogens is 897 g/mol. The third-order valence-corrected chi connectivity index (χ3v) is 14.7. The minimum Gasteiger partial charge on any atom is -0.310 e. The van der Waals surface area contributed by atoms with Crippen LogP contribution in [0, 0.1) is 0 Å². The highest BCUT2D eigenvalue weighted by molar-refractivity contribution is 6.12. The van der Waals surface area contributed by atoms with Crippen molar-refractivity contribution in [3.8, 4) is 33.6 Å². The zero-order chi connectivity index (χ0) is 49.0. The number of rotatable bonds is 10. The highest BCUT2D eigenvalue weighted by Crippen LogP contribution is 2.43. The Morgan fingerprint density at radius 3 is 0.851 bits per heavy atom. The van der Waals surface area contributed by atoms with Crippen molar-refractivity contribution in [2.75, 3.05) is 9.80 Å². The van der Waals surface area contributed by atoms with Gasteiger partial charge in [0.15, 0.2) is 0 Å². The molecule has 2 heterocycles. The van der Waals surface area contributed by atoms with Crippen molar-refractivity contribution in [2.45, 2.75) is 0 Å². The standard InChI is InChI=1S/C70H48N4/c1-5-19-51(20-6-1)71(52-21-7-2-8-22-52)57-41-45-69-65(47-57)63-29-15-17-31-67(63)73(69)55-37-33-49(34-38-55)59-43-44-60(62-28-14-13-27-61(59)62)50-35-39-56(40-36-50)74-68-32-18-16-30-64(68)66-48-58(42-46-70(66)74)72(53-23-9-3-10-24-53)54-25-11-4-12-26-54/h1-48H. The van der Waals surface area contributed by atoms with Crippen LogP contribution in [-0.2, 0) is 0 Å². The van der Waals surface area contributed by atoms with E-state index in [1.807, 2.05) is 0 Å². The van der Waals surface area contributed by atoms with Crippen molar-refractivity contribution in [1.82, 2.24) is 9.13 Å².